The molecule has 0 spiro atoms. The maximum Gasteiger partial charge on any atom is 0.411 e. The van der Waals surface area contributed by atoms with E-state index in [4.69, 9.17) is 0 Å². The lowest BCUT2D eigenvalue weighted by Gasteiger charge is -2.09. The van der Waals surface area contributed by atoms with E-state index < -0.39 is 12.8 Å². The highest BCUT2D eigenvalue weighted by molar-refractivity contribution is 14.1. The highest BCUT2D eigenvalue weighted by Crippen LogP contribution is 2.18. The Hall–Kier alpha value is -0.640. The molecule has 8 heteroatoms. The van der Waals surface area contributed by atoms with Crippen LogP contribution < -0.4 is 5.32 Å². The Labute approximate surface area is 116 Å². The molecule has 0 aromatic carbocycles. The van der Waals surface area contributed by atoms with Crippen LogP contribution in [0.4, 0.5) is 19.0 Å². The number of ether oxygens (including phenoxy) is 1. The van der Waals surface area contributed by atoms with E-state index in [1.165, 1.54) is 0 Å². The van der Waals surface area contributed by atoms with Crippen molar-refractivity contribution in [3.63, 3.8) is 0 Å². The molecule has 1 aromatic heterocycles. The third-order valence-corrected chi connectivity index (χ3v) is 3.33. The van der Waals surface area contributed by atoms with Crippen molar-refractivity contribution in [2.24, 2.45) is 0 Å². The van der Waals surface area contributed by atoms with E-state index >= 15 is 0 Å². The number of anilines is 1. The molecule has 18 heavy (non-hydrogen) atoms. The molecule has 0 atom stereocenters. The standard InChI is InChI=1S/C10H13F3IN3O/c1-6-8(14)9(15-2)17-7(16-6)3-4-18-5-10(11,12)13/h3-5H2,1-2H3,(H,15,16,17). The second-order valence-corrected chi connectivity index (χ2v) is 4.63. The van der Waals surface area contributed by atoms with Crippen molar-refractivity contribution in [2.75, 3.05) is 25.6 Å². The molecule has 1 heterocycles. The maximum absolute atomic E-state index is 11.8. The van der Waals surface area contributed by atoms with Crippen molar-refractivity contribution in [1.82, 2.24) is 9.97 Å². The second kappa shape index (κ2) is 6.50. The number of hydrogen-bond acceptors (Lipinski definition) is 4. The van der Waals surface area contributed by atoms with Crippen LogP contribution in [0.1, 0.15) is 11.5 Å². The molecule has 102 valence electrons. The highest BCUT2D eigenvalue weighted by Gasteiger charge is 2.27. The number of nitrogens with zero attached hydrogens (tertiary/aromatic N) is 2. The lowest BCUT2D eigenvalue weighted by atomic mass is 10.3. The van der Waals surface area contributed by atoms with Gasteiger partial charge in [0.1, 0.15) is 18.2 Å². The fourth-order valence-corrected chi connectivity index (χ4v) is 1.76. The van der Waals surface area contributed by atoms with Gasteiger partial charge in [0, 0.05) is 13.5 Å². The molecule has 1 rings (SSSR count). The van der Waals surface area contributed by atoms with Gasteiger partial charge < -0.3 is 10.1 Å². The van der Waals surface area contributed by atoms with E-state index in [0.29, 0.717) is 11.6 Å². The van der Waals surface area contributed by atoms with E-state index in [1.807, 2.05) is 6.92 Å². The Morgan fingerprint density at radius 3 is 2.56 bits per heavy atom. The van der Waals surface area contributed by atoms with Crippen molar-refractivity contribution in [2.45, 2.75) is 19.5 Å². The first-order chi connectivity index (χ1) is 8.33. The van der Waals surface area contributed by atoms with Crippen LogP contribution in [0, 0.1) is 10.5 Å². The highest BCUT2D eigenvalue weighted by atomic mass is 127. The van der Waals surface area contributed by atoms with Crippen LogP contribution in [-0.2, 0) is 11.2 Å². The molecule has 0 aliphatic heterocycles. The average Bonchev–Trinajstić information content (AvgIpc) is 2.27. The minimum Gasteiger partial charge on any atom is -0.372 e. The summed E-state index contributed by atoms with van der Waals surface area (Å²) in [5.74, 6) is 1.15. The fourth-order valence-electron chi connectivity index (χ4n) is 1.25. The zero-order valence-corrected chi connectivity index (χ0v) is 12.1. The first-order valence-corrected chi connectivity index (χ1v) is 6.26. The van der Waals surface area contributed by atoms with Crippen LogP contribution in [-0.4, -0.2) is 36.4 Å². The van der Waals surface area contributed by atoms with Crippen LogP contribution >= 0.6 is 22.6 Å². The van der Waals surface area contributed by atoms with Gasteiger partial charge in [-0.15, -0.1) is 0 Å². The molecule has 0 fully saturated rings. The van der Waals surface area contributed by atoms with Gasteiger partial charge in [-0.1, -0.05) is 0 Å². The molecular weight excluding hydrogens is 362 g/mol. The molecular formula is C10H13F3IN3O. The Morgan fingerprint density at radius 2 is 2.00 bits per heavy atom. The average molecular weight is 375 g/mol. The van der Waals surface area contributed by atoms with Gasteiger partial charge in [0.15, 0.2) is 0 Å². The first kappa shape index (κ1) is 15.4. The first-order valence-electron chi connectivity index (χ1n) is 5.18. The zero-order valence-electron chi connectivity index (χ0n) is 9.94. The van der Waals surface area contributed by atoms with E-state index in [1.54, 1.807) is 7.05 Å². The molecule has 4 nitrogen and oxygen atoms in total. The van der Waals surface area contributed by atoms with Gasteiger partial charge in [0.05, 0.1) is 15.9 Å². The smallest absolute Gasteiger partial charge is 0.372 e. The molecule has 0 aliphatic rings. The third-order valence-electron chi connectivity index (χ3n) is 2.04. The van der Waals surface area contributed by atoms with Gasteiger partial charge >= 0.3 is 6.18 Å². The van der Waals surface area contributed by atoms with Crippen molar-refractivity contribution in [3.05, 3.63) is 15.1 Å². The lowest BCUT2D eigenvalue weighted by Crippen LogP contribution is -2.18. The molecule has 0 aliphatic carbocycles. The van der Waals surface area contributed by atoms with Crippen LogP contribution in [0.5, 0.6) is 0 Å². The number of nitrogens with one attached hydrogen (secondary N) is 1. The summed E-state index contributed by atoms with van der Waals surface area (Å²) in [5, 5.41) is 2.91. The maximum atomic E-state index is 11.8. The summed E-state index contributed by atoms with van der Waals surface area (Å²) < 4.78 is 41.0. The predicted octanol–water partition coefficient (Wildman–Crippen LogP) is 2.55. The third kappa shape index (κ3) is 4.92. The fraction of sp³-hybridized carbons (Fsp3) is 0.600. The normalized spacial score (nSPS) is 11.7. The number of alkyl halides is 3. The van der Waals surface area contributed by atoms with Crippen LogP contribution in [0.3, 0.4) is 0 Å². The molecule has 0 saturated carbocycles. The minimum atomic E-state index is -4.29. The van der Waals surface area contributed by atoms with Gasteiger partial charge in [0.25, 0.3) is 0 Å². The summed E-state index contributed by atoms with van der Waals surface area (Å²) in [6.45, 7) is 0.530. The van der Waals surface area contributed by atoms with Gasteiger partial charge in [-0.05, 0) is 29.5 Å². The van der Waals surface area contributed by atoms with E-state index in [9.17, 15) is 13.2 Å². The Balaban J connectivity index is 2.55. The number of rotatable bonds is 5. The van der Waals surface area contributed by atoms with E-state index in [0.717, 1.165) is 9.26 Å². The number of hydrogen-bond donors (Lipinski definition) is 1. The van der Waals surface area contributed by atoms with Crippen LogP contribution in [0.25, 0.3) is 0 Å². The number of aromatic nitrogens is 2. The molecule has 0 saturated heterocycles. The van der Waals surface area contributed by atoms with E-state index in [-0.39, 0.29) is 13.0 Å². The van der Waals surface area contributed by atoms with Crippen molar-refractivity contribution >= 4 is 28.4 Å². The number of halogens is 4. The molecule has 0 bridgehead atoms. The SMILES string of the molecule is CNc1nc(CCOCC(F)(F)F)nc(C)c1I. The van der Waals surface area contributed by atoms with Gasteiger partial charge in [0.2, 0.25) is 0 Å². The van der Waals surface area contributed by atoms with E-state index in [2.05, 4.69) is 42.6 Å². The molecule has 0 radical (unpaired) electrons. The monoisotopic (exact) mass is 375 g/mol. The summed E-state index contributed by atoms with van der Waals surface area (Å²) in [6.07, 6.45) is -4.04. The summed E-state index contributed by atoms with van der Waals surface area (Å²) in [6, 6.07) is 0. The Morgan fingerprint density at radius 1 is 1.33 bits per heavy atom. The van der Waals surface area contributed by atoms with Gasteiger partial charge in [-0.25, -0.2) is 9.97 Å². The summed E-state index contributed by atoms with van der Waals surface area (Å²) in [7, 11) is 1.73. The minimum absolute atomic E-state index is 0.0529. The van der Waals surface area contributed by atoms with Crippen LogP contribution in [0.15, 0.2) is 0 Å². The lowest BCUT2D eigenvalue weighted by molar-refractivity contribution is -0.173. The van der Waals surface area contributed by atoms with Gasteiger partial charge in [-0.3, -0.25) is 0 Å². The topological polar surface area (TPSA) is 47.0 Å². The summed E-state index contributed by atoms with van der Waals surface area (Å²) >= 11 is 2.11. The summed E-state index contributed by atoms with van der Waals surface area (Å²) in [5.41, 5.74) is 0.792. The Kier molecular flexibility index (Phi) is 5.57. The molecule has 1 N–H and O–H groups in total. The quantitative estimate of drug-likeness (QED) is 0.635. The van der Waals surface area contributed by atoms with Crippen molar-refractivity contribution in [1.29, 1.82) is 0 Å². The molecule has 1 aromatic rings. The number of aryl methyl sites for hydroxylation is 1. The van der Waals surface area contributed by atoms with Crippen molar-refractivity contribution < 1.29 is 17.9 Å². The largest absolute Gasteiger partial charge is 0.411 e. The van der Waals surface area contributed by atoms with Gasteiger partial charge in [-0.2, -0.15) is 13.2 Å². The zero-order chi connectivity index (χ0) is 13.8. The predicted molar refractivity (Wildman–Crippen MR) is 69.6 cm³/mol. The Bertz CT molecular complexity index is 412. The van der Waals surface area contributed by atoms with Crippen LogP contribution in [0.2, 0.25) is 0 Å². The van der Waals surface area contributed by atoms with Crippen molar-refractivity contribution in [3.8, 4) is 0 Å². The summed E-state index contributed by atoms with van der Waals surface area (Å²) in [4.78, 5) is 8.39. The molecule has 0 unspecified atom stereocenters. The molecule has 0 amide bonds. The second-order valence-electron chi connectivity index (χ2n) is 3.56.